The Labute approximate surface area is 125 Å². The van der Waals surface area contributed by atoms with Gasteiger partial charge in [-0.1, -0.05) is 0 Å². The molecule has 0 radical (unpaired) electrons. The zero-order chi connectivity index (χ0) is 14.5. The molecule has 0 unspecified atom stereocenters. The summed E-state index contributed by atoms with van der Waals surface area (Å²) in [4.78, 5) is 6.45. The van der Waals surface area contributed by atoms with Gasteiger partial charge in [0.15, 0.2) is 0 Å². The SMILES string of the molecule is COc1ccc(OC2CCN(c3ccncc3)CC2)cc1. The Morgan fingerprint density at radius 2 is 1.57 bits per heavy atom. The highest BCUT2D eigenvalue weighted by molar-refractivity contribution is 5.44. The van der Waals surface area contributed by atoms with E-state index in [1.165, 1.54) is 5.69 Å². The van der Waals surface area contributed by atoms with Crippen molar-refractivity contribution in [2.24, 2.45) is 0 Å². The van der Waals surface area contributed by atoms with Crippen molar-refractivity contribution < 1.29 is 9.47 Å². The maximum Gasteiger partial charge on any atom is 0.119 e. The van der Waals surface area contributed by atoms with E-state index < -0.39 is 0 Å². The average Bonchev–Trinajstić information content (AvgIpc) is 2.57. The summed E-state index contributed by atoms with van der Waals surface area (Å²) >= 11 is 0. The summed E-state index contributed by atoms with van der Waals surface area (Å²) < 4.78 is 11.2. The van der Waals surface area contributed by atoms with Crippen molar-refractivity contribution in [2.75, 3.05) is 25.1 Å². The van der Waals surface area contributed by atoms with E-state index in [9.17, 15) is 0 Å². The van der Waals surface area contributed by atoms with E-state index in [1.807, 2.05) is 36.7 Å². The number of hydrogen-bond donors (Lipinski definition) is 0. The number of anilines is 1. The third-order valence-electron chi connectivity index (χ3n) is 3.83. The fourth-order valence-corrected chi connectivity index (χ4v) is 2.63. The second-order valence-corrected chi connectivity index (χ2v) is 5.19. The minimum atomic E-state index is 0.288. The number of nitrogens with zero attached hydrogens (tertiary/aromatic N) is 2. The monoisotopic (exact) mass is 284 g/mol. The van der Waals surface area contributed by atoms with Crippen molar-refractivity contribution >= 4 is 5.69 Å². The highest BCUT2D eigenvalue weighted by atomic mass is 16.5. The molecular formula is C17H20N2O2. The molecule has 1 aliphatic heterocycles. The Bertz CT molecular complexity index is 549. The topological polar surface area (TPSA) is 34.6 Å². The first-order valence-corrected chi connectivity index (χ1v) is 7.31. The molecule has 0 spiro atoms. The van der Waals surface area contributed by atoms with Gasteiger partial charge in [0.25, 0.3) is 0 Å². The molecule has 0 aliphatic carbocycles. The third-order valence-corrected chi connectivity index (χ3v) is 3.83. The number of hydrogen-bond acceptors (Lipinski definition) is 4. The Morgan fingerprint density at radius 3 is 2.19 bits per heavy atom. The summed E-state index contributed by atoms with van der Waals surface area (Å²) in [6, 6.07) is 11.9. The molecular weight excluding hydrogens is 264 g/mol. The van der Waals surface area contributed by atoms with Crippen molar-refractivity contribution in [2.45, 2.75) is 18.9 Å². The molecule has 1 aliphatic rings. The van der Waals surface area contributed by atoms with Crippen molar-refractivity contribution in [1.82, 2.24) is 4.98 Å². The van der Waals surface area contributed by atoms with Gasteiger partial charge in [-0.2, -0.15) is 0 Å². The van der Waals surface area contributed by atoms with E-state index >= 15 is 0 Å². The summed E-state index contributed by atoms with van der Waals surface area (Å²) in [5.41, 5.74) is 1.24. The lowest BCUT2D eigenvalue weighted by atomic mass is 10.1. The van der Waals surface area contributed by atoms with Crippen LogP contribution in [0.3, 0.4) is 0 Å². The normalized spacial score (nSPS) is 15.8. The lowest BCUT2D eigenvalue weighted by Crippen LogP contribution is -2.38. The van der Waals surface area contributed by atoms with Crippen molar-refractivity contribution in [3.8, 4) is 11.5 Å². The van der Waals surface area contributed by atoms with Gasteiger partial charge in [-0.15, -0.1) is 0 Å². The molecule has 2 heterocycles. The summed E-state index contributed by atoms with van der Waals surface area (Å²) in [7, 11) is 1.67. The number of piperidine rings is 1. The molecule has 1 fully saturated rings. The maximum absolute atomic E-state index is 6.04. The first-order chi connectivity index (χ1) is 10.3. The number of aromatic nitrogens is 1. The molecule has 0 atom stereocenters. The maximum atomic E-state index is 6.04. The Morgan fingerprint density at radius 1 is 0.952 bits per heavy atom. The molecule has 4 heteroatoms. The van der Waals surface area contributed by atoms with Gasteiger partial charge in [0.1, 0.15) is 17.6 Å². The Kier molecular flexibility index (Phi) is 4.24. The highest BCUT2D eigenvalue weighted by Gasteiger charge is 2.20. The molecule has 1 saturated heterocycles. The van der Waals surface area contributed by atoms with E-state index in [0.29, 0.717) is 0 Å². The van der Waals surface area contributed by atoms with E-state index in [-0.39, 0.29) is 6.10 Å². The molecule has 0 N–H and O–H groups in total. The second kappa shape index (κ2) is 6.48. The van der Waals surface area contributed by atoms with Gasteiger partial charge in [-0.05, 0) is 36.4 Å². The molecule has 21 heavy (non-hydrogen) atoms. The molecule has 2 aromatic rings. The summed E-state index contributed by atoms with van der Waals surface area (Å²) in [6.07, 6.45) is 6.05. The van der Waals surface area contributed by atoms with Crippen LogP contribution in [-0.4, -0.2) is 31.3 Å². The van der Waals surface area contributed by atoms with Gasteiger partial charge in [0, 0.05) is 44.0 Å². The number of pyridine rings is 1. The molecule has 0 amide bonds. The molecule has 3 rings (SSSR count). The summed E-state index contributed by atoms with van der Waals surface area (Å²) in [5.74, 6) is 1.77. The Hall–Kier alpha value is -2.23. The van der Waals surface area contributed by atoms with Crippen LogP contribution in [0.25, 0.3) is 0 Å². The molecule has 110 valence electrons. The van der Waals surface area contributed by atoms with Crippen LogP contribution in [0.15, 0.2) is 48.8 Å². The number of methoxy groups -OCH3 is 1. The van der Waals surface area contributed by atoms with Crippen LogP contribution in [-0.2, 0) is 0 Å². The standard InChI is InChI=1S/C17H20N2O2/c1-20-15-2-4-16(5-3-15)21-17-8-12-19(13-9-17)14-6-10-18-11-7-14/h2-7,10-11,17H,8-9,12-13H2,1H3. The fraction of sp³-hybridized carbons (Fsp3) is 0.353. The molecule has 1 aromatic heterocycles. The quantitative estimate of drug-likeness (QED) is 0.864. The fourth-order valence-electron chi connectivity index (χ4n) is 2.63. The molecule has 0 bridgehead atoms. The van der Waals surface area contributed by atoms with Crippen LogP contribution in [0.4, 0.5) is 5.69 Å². The van der Waals surface area contributed by atoms with Crippen LogP contribution in [0.2, 0.25) is 0 Å². The van der Waals surface area contributed by atoms with Gasteiger partial charge < -0.3 is 14.4 Å². The van der Waals surface area contributed by atoms with E-state index in [4.69, 9.17) is 9.47 Å². The minimum Gasteiger partial charge on any atom is -0.497 e. The zero-order valence-corrected chi connectivity index (χ0v) is 12.2. The van der Waals surface area contributed by atoms with E-state index in [0.717, 1.165) is 37.4 Å². The molecule has 4 nitrogen and oxygen atoms in total. The lowest BCUT2D eigenvalue weighted by Gasteiger charge is -2.33. The molecule has 1 aromatic carbocycles. The van der Waals surface area contributed by atoms with Crippen LogP contribution < -0.4 is 14.4 Å². The van der Waals surface area contributed by atoms with Gasteiger partial charge in [0.2, 0.25) is 0 Å². The Balaban J connectivity index is 1.53. The largest absolute Gasteiger partial charge is 0.497 e. The summed E-state index contributed by atoms with van der Waals surface area (Å²) in [6.45, 7) is 2.04. The zero-order valence-electron chi connectivity index (χ0n) is 12.2. The lowest BCUT2D eigenvalue weighted by molar-refractivity contribution is 0.171. The van der Waals surface area contributed by atoms with Crippen LogP contribution in [0, 0.1) is 0 Å². The number of rotatable bonds is 4. The van der Waals surface area contributed by atoms with Crippen LogP contribution in [0.5, 0.6) is 11.5 Å². The van der Waals surface area contributed by atoms with Gasteiger partial charge in [-0.25, -0.2) is 0 Å². The van der Waals surface area contributed by atoms with Crippen molar-refractivity contribution in [3.05, 3.63) is 48.8 Å². The van der Waals surface area contributed by atoms with E-state index in [1.54, 1.807) is 7.11 Å². The number of benzene rings is 1. The summed E-state index contributed by atoms with van der Waals surface area (Å²) in [5, 5.41) is 0. The van der Waals surface area contributed by atoms with Crippen LogP contribution in [0.1, 0.15) is 12.8 Å². The predicted molar refractivity (Wildman–Crippen MR) is 83.1 cm³/mol. The average molecular weight is 284 g/mol. The van der Waals surface area contributed by atoms with Crippen molar-refractivity contribution in [3.63, 3.8) is 0 Å². The van der Waals surface area contributed by atoms with Crippen molar-refractivity contribution in [1.29, 1.82) is 0 Å². The van der Waals surface area contributed by atoms with Gasteiger partial charge in [0.05, 0.1) is 7.11 Å². The number of ether oxygens (including phenoxy) is 2. The highest BCUT2D eigenvalue weighted by Crippen LogP contribution is 2.24. The first kappa shape index (κ1) is 13.7. The second-order valence-electron chi connectivity index (χ2n) is 5.19. The smallest absolute Gasteiger partial charge is 0.119 e. The van der Waals surface area contributed by atoms with E-state index in [2.05, 4.69) is 22.0 Å². The first-order valence-electron chi connectivity index (χ1n) is 7.31. The van der Waals surface area contributed by atoms with Gasteiger partial charge in [-0.3, -0.25) is 4.98 Å². The third kappa shape index (κ3) is 3.45. The van der Waals surface area contributed by atoms with Crippen LogP contribution >= 0.6 is 0 Å². The minimum absolute atomic E-state index is 0.288. The predicted octanol–water partition coefficient (Wildman–Crippen LogP) is 3.14. The van der Waals surface area contributed by atoms with Gasteiger partial charge >= 0.3 is 0 Å². The molecule has 0 saturated carbocycles.